The fourth-order valence-electron chi connectivity index (χ4n) is 2.34. The van der Waals surface area contributed by atoms with Crippen molar-refractivity contribution in [1.82, 2.24) is 25.0 Å². The molecule has 0 atom stereocenters. The van der Waals surface area contributed by atoms with Gasteiger partial charge in [-0.25, -0.2) is 9.67 Å². The number of amides is 1. The summed E-state index contributed by atoms with van der Waals surface area (Å²) < 4.78 is 1.91. The maximum Gasteiger partial charge on any atom is 0.223 e. The van der Waals surface area contributed by atoms with Crippen LogP contribution in [0.1, 0.15) is 38.4 Å². The summed E-state index contributed by atoms with van der Waals surface area (Å²) in [6, 6.07) is 0. The van der Waals surface area contributed by atoms with E-state index in [9.17, 15) is 4.79 Å². The third-order valence-electron chi connectivity index (χ3n) is 3.39. The van der Waals surface area contributed by atoms with Gasteiger partial charge in [-0.05, 0) is 19.3 Å². The van der Waals surface area contributed by atoms with Gasteiger partial charge in [0, 0.05) is 32.6 Å². The van der Waals surface area contributed by atoms with E-state index in [2.05, 4.69) is 22.3 Å². The summed E-state index contributed by atoms with van der Waals surface area (Å²) in [6.45, 7) is 6.26. The number of hydrogen-bond donors (Lipinski definition) is 1. The molecular formula is C13H23N5O. The number of aryl methyl sites for hydroxylation is 1. The molecule has 2 rings (SSSR count). The highest BCUT2D eigenvalue weighted by Gasteiger charge is 2.16. The fraction of sp³-hybridized carbons (Fsp3) is 0.769. The van der Waals surface area contributed by atoms with Gasteiger partial charge in [0.05, 0.1) is 6.54 Å². The molecule has 1 aliphatic rings. The van der Waals surface area contributed by atoms with Crippen molar-refractivity contribution in [3.63, 3.8) is 0 Å². The normalized spacial score (nSPS) is 15.1. The Balaban J connectivity index is 1.65. The van der Waals surface area contributed by atoms with E-state index >= 15 is 0 Å². The van der Waals surface area contributed by atoms with Crippen LogP contribution >= 0.6 is 0 Å². The predicted octanol–water partition coefficient (Wildman–Crippen LogP) is 0.790. The molecule has 2 heterocycles. The lowest BCUT2D eigenvalue weighted by atomic mass is 10.3. The lowest BCUT2D eigenvalue weighted by Gasteiger charge is -2.15. The predicted molar refractivity (Wildman–Crippen MR) is 72.5 cm³/mol. The molecule has 6 nitrogen and oxygen atoms in total. The van der Waals surface area contributed by atoms with E-state index in [1.807, 2.05) is 9.58 Å². The van der Waals surface area contributed by atoms with Crippen LogP contribution in [0.4, 0.5) is 0 Å². The molecule has 0 spiro atoms. The quantitative estimate of drug-likeness (QED) is 0.740. The van der Waals surface area contributed by atoms with Crippen LogP contribution in [0.3, 0.4) is 0 Å². The van der Waals surface area contributed by atoms with E-state index < -0.39 is 0 Å². The topological polar surface area (TPSA) is 63.1 Å². The molecule has 1 fully saturated rings. The van der Waals surface area contributed by atoms with Crippen LogP contribution < -0.4 is 5.32 Å². The van der Waals surface area contributed by atoms with E-state index in [-0.39, 0.29) is 5.91 Å². The molecule has 0 saturated carbocycles. The molecule has 19 heavy (non-hydrogen) atoms. The van der Waals surface area contributed by atoms with Crippen LogP contribution in [-0.2, 0) is 17.9 Å². The second-order valence-electron chi connectivity index (χ2n) is 4.91. The fourth-order valence-corrected chi connectivity index (χ4v) is 2.34. The third-order valence-corrected chi connectivity index (χ3v) is 3.39. The van der Waals surface area contributed by atoms with E-state index in [0.29, 0.717) is 19.5 Å². The Kier molecular flexibility index (Phi) is 5.32. The van der Waals surface area contributed by atoms with Crippen molar-refractivity contribution >= 4 is 5.91 Å². The summed E-state index contributed by atoms with van der Waals surface area (Å²) >= 11 is 0. The van der Waals surface area contributed by atoms with Gasteiger partial charge in [-0.2, -0.15) is 5.10 Å². The highest BCUT2D eigenvalue weighted by molar-refractivity contribution is 5.76. The maximum absolute atomic E-state index is 11.8. The van der Waals surface area contributed by atoms with Gasteiger partial charge < -0.3 is 10.2 Å². The minimum atomic E-state index is 0.264. The first-order chi connectivity index (χ1) is 9.31. The van der Waals surface area contributed by atoms with Crippen molar-refractivity contribution in [3.05, 3.63) is 12.2 Å². The minimum absolute atomic E-state index is 0.264. The van der Waals surface area contributed by atoms with Crippen molar-refractivity contribution < 1.29 is 4.79 Å². The Labute approximate surface area is 114 Å². The van der Waals surface area contributed by atoms with Crippen LogP contribution in [0.15, 0.2) is 6.33 Å². The average molecular weight is 265 g/mol. The second kappa shape index (κ2) is 7.23. The van der Waals surface area contributed by atoms with Crippen molar-refractivity contribution in [3.8, 4) is 0 Å². The Morgan fingerprint density at radius 3 is 2.95 bits per heavy atom. The first kappa shape index (κ1) is 14.0. The Hall–Kier alpha value is -1.43. The lowest BCUT2D eigenvalue weighted by molar-refractivity contribution is -0.130. The van der Waals surface area contributed by atoms with Gasteiger partial charge in [0.2, 0.25) is 5.91 Å². The first-order valence-corrected chi connectivity index (χ1v) is 7.16. The molecule has 0 radical (unpaired) electrons. The largest absolute Gasteiger partial charge is 0.343 e. The van der Waals surface area contributed by atoms with Gasteiger partial charge >= 0.3 is 0 Å². The number of likely N-dealkylation sites (tertiary alicyclic amines) is 1. The smallest absolute Gasteiger partial charge is 0.223 e. The molecule has 0 bridgehead atoms. The van der Waals surface area contributed by atoms with E-state index in [1.54, 1.807) is 6.33 Å². The van der Waals surface area contributed by atoms with Crippen LogP contribution in [0.5, 0.6) is 0 Å². The third kappa shape index (κ3) is 4.02. The molecule has 1 aromatic rings. The van der Waals surface area contributed by atoms with Gasteiger partial charge in [-0.15, -0.1) is 0 Å². The summed E-state index contributed by atoms with van der Waals surface area (Å²) in [5.41, 5.74) is 0. The number of nitrogens with one attached hydrogen (secondary N) is 1. The van der Waals surface area contributed by atoms with E-state index in [4.69, 9.17) is 0 Å². The molecular weight excluding hydrogens is 242 g/mol. The number of hydrogen-bond acceptors (Lipinski definition) is 4. The molecule has 1 aliphatic heterocycles. The average Bonchev–Trinajstić information content (AvgIpc) is 3.06. The van der Waals surface area contributed by atoms with Crippen LogP contribution in [0.25, 0.3) is 0 Å². The Morgan fingerprint density at radius 1 is 1.42 bits per heavy atom. The van der Waals surface area contributed by atoms with Crippen LogP contribution in [0, 0.1) is 0 Å². The van der Waals surface area contributed by atoms with Crippen molar-refractivity contribution in [2.75, 3.05) is 19.6 Å². The summed E-state index contributed by atoms with van der Waals surface area (Å²) in [4.78, 5) is 18.0. The monoisotopic (exact) mass is 265 g/mol. The van der Waals surface area contributed by atoms with Crippen LogP contribution in [-0.4, -0.2) is 45.2 Å². The Bertz CT molecular complexity index is 397. The molecule has 1 N–H and O–H groups in total. The van der Waals surface area contributed by atoms with Crippen molar-refractivity contribution in [1.29, 1.82) is 0 Å². The maximum atomic E-state index is 11.8. The zero-order valence-electron chi connectivity index (χ0n) is 11.6. The second-order valence-corrected chi connectivity index (χ2v) is 4.91. The molecule has 6 heteroatoms. The van der Waals surface area contributed by atoms with Gasteiger partial charge in [-0.3, -0.25) is 4.79 Å². The number of carbonyl (C=O) groups excluding carboxylic acids is 1. The number of rotatable bonds is 7. The molecule has 1 saturated heterocycles. The number of aromatic nitrogens is 3. The molecule has 1 amide bonds. The highest BCUT2D eigenvalue weighted by atomic mass is 16.2. The Morgan fingerprint density at radius 2 is 2.21 bits per heavy atom. The number of nitrogens with zero attached hydrogens (tertiary/aromatic N) is 4. The molecule has 0 aromatic carbocycles. The standard InChI is InChI=1S/C13H23N5O/c1-2-7-18-12(15-11-16-18)10-14-6-5-13(19)17-8-3-4-9-17/h11,14H,2-10H2,1H3. The lowest BCUT2D eigenvalue weighted by Crippen LogP contribution is -2.30. The molecule has 106 valence electrons. The van der Waals surface area contributed by atoms with Crippen LogP contribution in [0.2, 0.25) is 0 Å². The minimum Gasteiger partial charge on any atom is -0.343 e. The van der Waals surface area contributed by atoms with Crippen molar-refractivity contribution in [2.45, 2.75) is 45.7 Å². The SMILES string of the molecule is CCCn1ncnc1CNCCC(=O)N1CCCC1. The summed E-state index contributed by atoms with van der Waals surface area (Å²) in [5, 5.41) is 7.44. The molecule has 0 unspecified atom stereocenters. The zero-order valence-corrected chi connectivity index (χ0v) is 11.6. The van der Waals surface area contributed by atoms with Gasteiger partial charge in [0.15, 0.2) is 0 Å². The van der Waals surface area contributed by atoms with E-state index in [1.165, 1.54) is 0 Å². The van der Waals surface area contributed by atoms with E-state index in [0.717, 1.165) is 44.7 Å². The highest BCUT2D eigenvalue weighted by Crippen LogP contribution is 2.08. The van der Waals surface area contributed by atoms with Gasteiger partial charge in [0.25, 0.3) is 0 Å². The van der Waals surface area contributed by atoms with Crippen molar-refractivity contribution in [2.24, 2.45) is 0 Å². The zero-order chi connectivity index (χ0) is 13.5. The first-order valence-electron chi connectivity index (χ1n) is 7.16. The van der Waals surface area contributed by atoms with Gasteiger partial charge in [-0.1, -0.05) is 6.92 Å². The molecule has 0 aliphatic carbocycles. The summed E-state index contributed by atoms with van der Waals surface area (Å²) in [5.74, 6) is 1.20. The summed E-state index contributed by atoms with van der Waals surface area (Å²) in [6.07, 6.45) is 5.51. The summed E-state index contributed by atoms with van der Waals surface area (Å²) in [7, 11) is 0. The number of carbonyl (C=O) groups is 1. The van der Waals surface area contributed by atoms with Gasteiger partial charge in [0.1, 0.15) is 12.2 Å². The molecule has 1 aromatic heterocycles.